The lowest BCUT2D eigenvalue weighted by Gasteiger charge is -2.12. The predicted octanol–water partition coefficient (Wildman–Crippen LogP) is -0.0735. The molecule has 1 saturated carbocycles. The van der Waals surface area contributed by atoms with Crippen LogP contribution in [-0.4, -0.2) is 40.0 Å². The second-order valence-electron chi connectivity index (χ2n) is 4.39. The summed E-state index contributed by atoms with van der Waals surface area (Å²) in [4.78, 5) is 11.6. The van der Waals surface area contributed by atoms with E-state index in [0.29, 0.717) is 12.6 Å². The van der Waals surface area contributed by atoms with Crippen LogP contribution in [0.25, 0.3) is 0 Å². The highest BCUT2D eigenvalue weighted by Crippen LogP contribution is 2.17. The molecule has 1 aliphatic carbocycles. The van der Waals surface area contributed by atoms with Crippen LogP contribution in [0, 0.1) is 0 Å². The van der Waals surface area contributed by atoms with Crippen molar-refractivity contribution in [2.75, 3.05) is 13.1 Å². The smallest absolute Gasteiger partial charge is 0.234 e. The third kappa shape index (κ3) is 4.14. The van der Waals surface area contributed by atoms with Gasteiger partial charge in [0.2, 0.25) is 5.91 Å². The van der Waals surface area contributed by atoms with Crippen molar-refractivity contribution >= 4 is 5.91 Å². The van der Waals surface area contributed by atoms with Crippen LogP contribution in [0.2, 0.25) is 0 Å². The van der Waals surface area contributed by atoms with Crippen molar-refractivity contribution in [2.45, 2.75) is 38.3 Å². The lowest BCUT2D eigenvalue weighted by atomic mass is 10.2. The molecule has 17 heavy (non-hydrogen) atoms. The first kappa shape index (κ1) is 12.0. The van der Waals surface area contributed by atoms with Crippen molar-refractivity contribution in [3.63, 3.8) is 0 Å². The van der Waals surface area contributed by atoms with E-state index in [2.05, 4.69) is 20.9 Å². The fourth-order valence-corrected chi connectivity index (χ4v) is 2.10. The summed E-state index contributed by atoms with van der Waals surface area (Å²) in [6, 6.07) is 0.402. The number of carbonyl (C=O) groups is 1. The van der Waals surface area contributed by atoms with E-state index < -0.39 is 0 Å². The van der Waals surface area contributed by atoms with E-state index in [4.69, 9.17) is 0 Å². The second-order valence-corrected chi connectivity index (χ2v) is 4.39. The zero-order valence-electron chi connectivity index (χ0n) is 9.93. The molecule has 0 spiro atoms. The lowest BCUT2D eigenvalue weighted by molar-refractivity contribution is -0.120. The van der Waals surface area contributed by atoms with Gasteiger partial charge in [0.15, 0.2) is 0 Å². The molecule has 0 bridgehead atoms. The van der Waals surface area contributed by atoms with Gasteiger partial charge in [-0.3, -0.25) is 9.48 Å². The first-order valence-electron chi connectivity index (χ1n) is 6.19. The van der Waals surface area contributed by atoms with Gasteiger partial charge in [-0.05, 0) is 12.8 Å². The number of nitrogens with zero attached hydrogens (tertiary/aromatic N) is 3. The molecule has 1 fully saturated rings. The fraction of sp³-hybridized carbons (Fsp3) is 0.727. The Balaban J connectivity index is 1.53. The van der Waals surface area contributed by atoms with Crippen molar-refractivity contribution in [3.05, 3.63) is 12.4 Å². The molecule has 2 rings (SSSR count). The highest BCUT2D eigenvalue weighted by atomic mass is 16.1. The summed E-state index contributed by atoms with van der Waals surface area (Å²) in [5, 5.41) is 13.7. The number of carbonyl (C=O) groups excluding carboxylic acids is 1. The van der Waals surface area contributed by atoms with Crippen molar-refractivity contribution in [2.24, 2.45) is 0 Å². The fourth-order valence-electron chi connectivity index (χ4n) is 2.10. The molecule has 2 N–H and O–H groups in total. The number of rotatable bonds is 6. The van der Waals surface area contributed by atoms with Crippen molar-refractivity contribution in [1.29, 1.82) is 0 Å². The maximum Gasteiger partial charge on any atom is 0.234 e. The monoisotopic (exact) mass is 237 g/mol. The van der Waals surface area contributed by atoms with Gasteiger partial charge in [0.25, 0.3) is 0 Å². The van der Waals surface area contributed by atoms with Crippen LogP contribution in [0.1, 0.15) is 25.7 Å². The standard InChI is InChI=1S/C11H19N5O/c17-11(14-10-3-1-2-4-10)9-12-5-7-16-8-6-13-15-16/h6,8,10,12H,1-5,7,9H2,(H,14,17). The minimum absolute atomic E-state index is 0.0930. The predicted molar refractivity (Wildman–Crippen MR) is 63.3 cm³/mol. The van der Waals surface area contributed by atoms with E-state index in [1.54, 1.807) is 17.1 Å². The molecule has 0 unspecified atom stereocenters. The Morgan fingerprint density at radius 3 is 2.94 bits per heavy atom. The van der Waals surface area contributed by atoms with Gasteiger partial charge in [0.1, 0.15) is 0 Å². The van der Waals surface area contributed by atoms with Gasteiger partial charge in [0, 0.05) is 18.8 Å². The average molecular weight is 237 g/mol. The van der Waals surface area contributed by atoms with E-state index in [0.717, 1.165) is 25.9 Å². The Bertz CT molecular complexity index is 332. The minimum Gasteiger partial charge on any atom is -0.352 e. The Morgan fingerprint density at radius 1 is 1.41 bits per heavy atom. The summed E-state index contributed by atoms with van der Waals surface area (Å²) >= 11 is 0. The molecular weight excluding hydrogens is 218 g/mol. The van der Waals surface area contributed by atoms with Crippen LogP contribution in [0.15, 0.2) is 12.4 Å². The number of nitrogens with one attached hydrogen (secondary N) is 2. The average Bonchev–Trinajstić information content (AvgIpc) is 2.96. The summed E-state index contributed by atoms with van der Waals surface area (Å²) < 4.78 is 1.74. The Morgan fingerprint density at radius 2 is 2.24 bits per heavy atom. The molecule has 0 radical (unpaired) electrons. The Labute approximate surface area is 101 Å². The van der Waals surface area contributed by atoms with Crippen LogP contribution >= 0.6 is 0 Å². The molecular formula is C11H19N5O. The lowest BCUT2D eigenvalue weighted by Crippen LogP contribution is -2.39. The summed E-state index contributed by atoms with van der Waals surface area (Å²) in [6.07, 6.45) is 8.19. The number of hydrogen-bond acceptors (Lipinski definition) is 4. The second kappa shape index (κ2) is 6.34. The Hall–Kier alpha value is -1.43. The molecule has 0 aliphatic heterocycles. The molecule has 6 nitrogen and oxygen atoms in total. The van der Waals surface area contributed by atoms with Crippen LogP contribution in [0.4, 0.5) is 0 Å². The summed E-state index contributed by atoms with van der Waals surface area (Å²) in [5.74, 6) is 0.0930. The topological polar surface area (TPSA) is 71.8 Å². The summed E-state index contributed by atoms with van der Waals surface area (Å²) in [5.41, 5.74) is 0. The van der Waals surface area contributed by atoms with Gasteiger partial charge < -0.3 is 10.6 Å². The minimum atomic E-state index is 0.0930. The molecule has 94 valence electrons. The number of aromatic nitrogens is 3. The highest BCUT2D eigenvalue weighted by Gasteiger charge is 2.16. The van der Waals surface area contributed by atoms with Crippen LogP contribution in [-0.2, 0) is 11.3 Å². The van der Waals surface area contributed by atoms with E-state index in [1.165, 1.54) is 12.8 Å². The number of amides is 1. The molecule has 1 amide bonds. The van der Waals surface area contributed by atoms with Gasteiger partial charge in [-0.15, -0.1) is 5.10 Å². The van der Waals surface area contributed by atoms with Crippen LogP contribution in [0.5, 0.6) is 0 Å². The van der Waals surface area contributed by atoms with Gasteiger partial charge in [-0.1, -0.05) is 18.1 Å². The summed E-state index contributed by atoms with van der Waals surface area (Å²) in [6.45, 7) is 1.84. The normalized spacial score (nSPS) is 16.2. The molecule has 1 aromatic rings. The quantitative estimate of drug-likeness (QED) is 0.679. The SMILES string of the molecule is O=C(CNCCn1ccnn1)NC1CCCC1. The van der Waals surface area contributed by atoms with E-state index >= 15 is 0 Å². The molecule has 6 heteroatoms. The largest absolute Gasteiger partial charge is 0.352 e. The molecule has 1 aliphatic rings. The summed E-state index contributed by atoms with van der Waals surface area (Å²) in [7, 11) is 0. The van der Waals surface area contributed by atoms with Gasteiger partial charge >= 0.3 is 0 Å². The molecule has 0 atom stereocenters. The van der Waals surface area contributed by atoms with E-state index in [-0.39, 0.29) is 5.91 Å². The van der Waals surface area contributed by atoms with Gasteiger partial charge in [-0.2, -0.15) is 0 Å². The van der Waals surface area contributed by atoms with Crippen LogP contribution in [0.3, 0.4) is 0 Å². The van der Waals surface area contributed by atoms with Gasteiger partial charge in [0.05, 0.1) is 19.3 Å². The maximum atomic E-state index is 11.6. The zero-order valence-corrected chi connectivity index (χ0v) is 9.93. The molecule has 1 aromatic heterocycles. The van der Waals surface area contributed by atoms with E-state index in [9.17, 15) is 4.79 Å². The molecule has 0 aromatic carbocycles. The first-order chi connectivity index (χ1) is 8.34. The molecule has 1 heterocycles. The van der Waals surface area contributed by atoms with Crippen molar-refractivity contribution in [1.82, 2.24) is 25.6 Å². The van der Waals surface area contributed by atoms with Crippen molar-refractivity contribution in [3.8, 4) is 0 Å². The first-order valence-corrected chi connectivity index (χ1v) is 6.19. The third-order valence-electron chi connectivity index (χ3n) is 3.00. The third-order valence-corrected chi connectivity index (χ3v) is 3.00. The van der Waals surface area contributed by atoms with E-state index in [1.807, 2.05) is 0 Å². The van der Waals surface area contributed by atoms with Crippen LogP contribution < -0.4 is 10.6 Å². The number of hydrogen-bond donors (Lipinski definition) is 2. The maximum absolute atomic E-state index is 11.6. The van der Waals surface area contributed by atoms with Crippen molar-refractivity contribution < 1.29 is 4.79 Å². The Kier molecular flexibility index (Phi) is 4.49. The highest BCUT2D eigenvalue weighted by molar-refractivity contribution is 5.78. The van der Waals surface area contributed by atoms with Gasteiger partial charge in [-0.25, -0.2) is 0 Å². The zero-order chi connectivity index (χ0) is 11.9. The molecule has 0 saturated heterocycles.